The van der Waals surface area contributed by atoms with Crippen LogP contribution in [0, 0.1) is 11.3 Å². The summed E-state index contributed by atoms with van der Waals surface area (Å²) in [5, 5.41) is 19.9. The second kappa shape index (κ2) is 9.60. The molecule has 1 N–H and O–H groups in total. The van der Waals surface area contributed by atoms with Crippen molar-refractivity contribution in [2.24, 2.45) is 0 Å². The summed E-state index contributed by atoms with van der Waals surface area (Å²) in [7, 11) is 3.18. The van der Waals surface area contributed by atoms with Gasteiger partial charge in [-0.3, -0.25) is 4.90 Å². The molecule has 0 aliphatic carbocycles. The van der Waals surface area contributed by atoms with Gasteiger partial charge in [0, 0.05) is 37.6 Å². The molecule has 1 fully saturated rings. The third-order valence-corrected chi connectivity index (χ3v) is 5.91. The summed E-state index contributed by atoms with van der Waals surface area (Å²) in [4.78, 5) is 5.67. The van der Waals surface area contributed by atoms with Crippen molar-refractivity contribution in [3.63, 3.8) is 0 Å². The van der Waals surface area contributed by atoms with E-state index in [0.717, 1.165) is 43.2 Å². The van der Waals surface area contributed by atoms with Crippen LogP contribution in [-0.2, 0) is 0 Å². The first-order valence-electron chi connectivity index (χ1n) is 9.20. The van der Waals surface area contributed by atoms with Crippen LogP contribution in [0.5, 0.6) is 11.5 Å². The maximum Gasteiger partial charge on any atom is 0.161 e. The fraction of sp³-hybridized carbons (Fsp3) is 0.381. The van der Waals surface area contributed by atoms with Gasteiger partial charge in [-0.2, -0.15) is 5.26 Å². The van der Waals surface area contributed by atoms with E-state index in [9.17, 15) is 5.26 Å². The Morgan fingerprint density at radius 3 is 2.54 bits per heavy atom. The number of hydrogen-bond donors (Lipinski definition) is 1. The Hall–Kier alpha value is -2.53. The molecule has 28 heavy (non-hydrogen) atoms. The number of anilines is 1. The third-order valence-electron chi connectivity index (χ3n) is 4.81. The van der Waals surface area contributed by atoms with Crippen molar-refractivity contribution in [1.82, 2.24) is 4.90 Å². The molecule has 1 aliphatic rings. The van der Waals surface area contributed by atoms with E-state index in [4.69, 9.17) is 14.6 Å². The van der Waals surface area contributed by atoms with Crippen molar-refractivity contribution in [2.45, 2.75) is 0 Å². The molecule has 0 bridgehead atoms. The van der Waals surface area contributed by atoms with Crippen molar-refractivity contribution in [1.29, 1.82) is 5.26 Å². The number of nitrogens with zero attached hydrogens (tertiary/aromatic N) is 3. The zero-order valence-corrected chi connectivity index (χ0v) is 17.0. The minimum Gasteiger partial charge on any atom is -0.493 e. The molecular formula is C21H25N3O3S. The standard InChI is InChI=1S/C21H25N3O3S/c1-26-19-5-3-16(14-20(19)27-2)17(15-22)13-18-4-6-21(28-18)24-9-7-23(8-10-24)11-12-25/h3-6,13-14,25H,7-12H2,1-2H3/b17-13+. The summed E-state index contributed by atoms with van der Waals surface area (Å²) < 4.78 is 10.6. The predicted molar refractivity (Wildman–Crippen MR) is 113 cm³/mol. The van der Waals surface area contributed by atoms with Gasteiger partial charge < -0.3 is 19.5 Å². The smallest absolute Gasteiger partial charge is 0.161 e. The lowest BCUT2D eigenvalue weighted by Crippen LogP contribution is -2.46. The average Bonchev–Trinajstić information content (AvgIpc) is 3.21. The Balaban J connectivity index is 1.75. The van der Waals surface area contributed by atoms with Gasteiger partial charge >= 0.3 is 0 Å². The molecule has 0 saturated carbocycles. The van der Waals surface area contributed by atoms with Gasteiger partial charge in [0.2, 0.25) is 0 Å². The molecule has 0 unspecified atom stereocenters. The first-order valence-corrected chi connectivity index (χ1v) is 10.0. The van der Waals surface area contributed by atoms with Crippen molar-refractivity contribution >= 4 is 28.0 Å². The number of aliphatic hydroxyl groups excluding tert-OH is 1. The van der Waals surface area contributed by atoms with E-state index in [-0.39, 0.29) is 6.61 Å². The highest BCUT2D eigenvalue weighted by molar-refractivity contribution is 7.17. The molecule has 1 aromatic heterocycles. The van der Waals surface area contributed by atoms with Gasteiger partial charge in [0.25, 0.3) is 0 Å². The minimum absolute atomic E-state index is 0.209. The highest BCUT2D eigenvalue weighted by atomic mass is 32.1. The van der Waals surface area contributed by atoms with Gasteiger partial charge in [0.15, 0.2) is 11.5 Å². The summed E-state index contributed by atoms with van der Waals surface area (Å²) in [5.41, 5.74) is 1.38. The van der Waals surface area contributed by atoms with Crippen molar-refractivity contribution in [3.8, 4) is 17.6 Å². The zero-order valence-electron chi connectivity index (χ0n) is 16.2. The number of allylic oxidation sites excluding steroid dienone is 1. The van der Waals surface area contributed by atoms with Crippen molar-refractivity contribution in [3.05, 3.63) is 40.8 Å². The lowest BCUT2D eigenvalue weighted by molar-refractivity contribution is 0.189. The lowest BCUT2D eigenvalue weighted by Gasteiger charge is -2.34. The summed E-state index contributed by atoms with van der Waals surface area (Å²) in [6.45, 7) is 4.76. The number of rotatable bonds is 7. The highest BCUT2D eigenvalue weighted by Gasteiger charge is 2.18. The maximum atomic E-state index is 9.64. The van der Waals surface area contributed by atoms with Gasteiger partial charge in [-0.15, -0.1) is 11.3 Å². The van der Waals surface area contributed by atoms with Gasteiger partial charge in [-0.05, 0) is 42.0 Å². The van der Waals surface area contributed by atoms with Crippen molar-refractivity contribution in [2.75, 3.05) is 58.5 Å². The molecule has 0 amide bonds. The Morgan fingerprint density at radius 1 is 1.14 bits per heavy atom. The number of hydrogen-bond acceptors (Lipinski definition) is 7. The quantitative estimate of drug-likeness (QED) is 0.722. The van der Waals surface area contributed by atoms with Crippen LogP contribution < -0.4 is 14.4 Å². The van der Waals surface area contributed by atoms with E-state index in [2.05, 4.69) is 28.0 Å². The molecule has 6 nitrogen and oxygen atoms in total. The fourth-order valence-electron chi connectivity index (χ4n) is 3.25. The van der Waals surface area contributed by atoms with Gasteiger partial charge in [-0.1, -0.05) is 0 Å². The zero-order chi connectivity index (χ0) is 19.9. The Bertz CT molecular complexity index is 864. The van der Waals surface area contributed by atoms with Crippen LogP contribution in [0.2, 0.25) is 0 Å². The van der Waals surface area contributed by atoms with Crippen LogP contribution in [0.15, 0.2) is 30.3 Å². The minimum atomic E-state index is 0.209. The normalized spacial score (nSPS) is 15.4. The second-order valence-electron chi connectivity index (χ2n) is 6.47. The molecule has 7 heteroatoms. The average molecular weight is 400 g/mol. The number of aliphatic hydroxyl groups is 1. The predicted octanol–water partition coefficient (Wildman–Crippen LogP) is 2.94. The molecule has 0 spiro atoms. The van der Waals surface area contributed by atoms with E-state index >= 15 is 0 Å². The number of benzene rings is 1. The van der Waals surface area contributed by atoms with Crippen molar-refractivity contribution < 1.29 is 14.6 Å². The van der Waals surface area contributed by atoms with Crippen LogP contribution in [0.1, 0.15) is 10.4 Å². The van der Waals surface area contributed by atoms with Crippen LogP contribution in [0.25, 0.3) is 11.6 Å². The van der Waals surface area contributed by atoms with Crippen LogP contribution >= 0.6 is 11.3 Å². The Morgan fingerprint density at radius 2 is 1.89 bits per heavy atom. The highest BCUT2D eigenvalue weighted by Crippen LogP contribution is 2.33. The van der Waals surface area contributed by atoms with E-state index in [0.29, 0.717) is 17.1 Å². The molecule has 0 radical (unpaired) electrons. The first-order chi connectivity index (χ1) is 13.7. The van der Waals surface area contributed by atoms with Gasteiger partial charge in [0.05, 0.1) is 37.5 Å². The third kappa shape index (κ3) is 4.65. The molecule has 3 rings (SSSR count). The largest absolute Gasteiger partial charge is 0.493 e. The Labute approximate surface area is 169 Å². The summed E-state index contributed by atoms with van der Waals surface area (Å²) in [5.74, 6) is 1.25. The molecule has 1 aliphatic heterocycles. The van der Waals surface area contributed by atoms with Gasteiger partial charge in [-0.25, -0.2) is 0 Å². The summed E-state index contributed by atoms with van der Waals surface area (Å²) in [6, 6.07) is 12.0. The van der Waals surface area contributed by atoms with Gasteiger partial charge in [0.1, 0.15) is 0 Å². The van der Waals surface area contributed by atoms with E-state index < -0.39 is 0 Å². The number of thiophene rings is 1. The number of piperazine rings is 1. The topological polar surface area (TPSA) is 69.0 Å². The molecule has 1 aromatic carbocycles. The molecule has 148 valence electrons. The molecule has 0 atom stereocenters. The number of methoxy groups -OCH3 is 2. The summed E-state index contributed by atoms with van der Waals surface area (Å²) in [6.07, 6.45) is 1.91. The van der Waals surface area contributed by atoms with Crippen LogP contribution in [-0.4, -0.2) is 63.6 Å². The Kier molecular flexibility index (Phi) is 6.93. The molecule has 2 heterocycles. The number of β-amino-alcohol motifs (C(OH)–C–C–N with tert-alkyl or cyclic N) is 1. The van der Waals surface area contributed by atoms with E-state index in [1.54, 1.807) is 25.6 Å². The van der Waals surface area contributed by atoms with Crippen LogP contribution in [0.3, 0.4) is 0 Å². The molecular weight excluding hydrogens is 374 g/mol. The SMILES string of the molecule is COc1ccc(/C(C#N)=C/c2ccc(N3CCN(CCO)CC3)s2)cc1OC. The summed E-state index contributed by atoms with van der Waals surface area (Å²) >= 11 is 1.68. The fourth-order valence-corrected chi connectivity index (χ4v) is 4.25. The first kappa shape index (κ1) is 20.2. The molecule has 1 saturated heterocycles. The number of nitriles is 1. The van der Waals surface area contributed by atoms with Crippen LogP contribution in [0.4, 0.5) is 5.00 Å². The second-order valence-corrected chi connectivity index (χ2v) is 7.56. The maximum absolute atomic E-state index is 9.64. The molecule has 2 aromatic rings. The number of ether oxygens (including phenoxy) is 2. The lowest BCUT2D eigenvalue weighted by atomic mass is 10.1. The monoisotopic (exact) mass is 399 g/mol. The van der Waals surface area contributed by atoms with E-state index in [1.807, 2.05) is 24.3 Å². The van der Waals surface area contributed by atoms with E-state index in [1.165, 1.54) is 5.00 Å².